The molecule has 190 valence electrons. The van der Waals surface area contributed by atoms with Crippen LogP contribution >= 0.6 is 0 Å². The van der Waals surface area contributed by atoms with Crippen LogP contribution < -0.4 is 0 Å². The van der Waals surface area contributed by atoms with Crippen molar-refractivity contribution >= 4 is 28.6 Å². The monoisotopic (exact) mass is 506 g/mol. The van der Waals surface area contributed by atoms with Crippen LogP contribution in [0.5, 0.6) is 0 Å². The third kappa shape index (κ3) is 3.04. The molecule has 0 radical (unpaired) electrons. The van der Waals surface area contributed by atoms with Crippen LogP contribution in [0.3, 0.4) is 0 Å². The molecule has 1 aliphatic heterocycles. The summed E-state index contributed by atoms with van der Waals surface area (Å²) in [5.41, 5.74) is -1.14. The van der Waals surface area contributed by atoms with E-state index in [2.05, 4.69) is 45.9 Å². The number of ether oxygens (including phenoxy) is 2. The number of methoxy groups -OCH3 is 1. The quantitative estimate of drug-likeness (QED) is 0.295. The van der Waals surface area contributed by atoms with Gasteiger partial charge in [-0.2, -0.15) is 0 Å². The maximum atomic E-state index is 13.7. The molecule has 0 aromatic carbocycles. The molecule has 0 aromatic rings. The number of fused-ring (bicyclic) bond motifs is 1. The maximum absolute atomic E-state index is 13.7. The Morgan fingerprint density at radius 2 is 1.76 bits per heavy atom. The Labute approximate surface area is 206 Å². The Balaban J connectivity index is 1.70. The minimum Gasteiger partial charge on any atom is -0.469 e. The van der Waals surface area contributed by atoms with E-state index in [4.69, 9.17) is 18.3 Å². The highest BCUT2D eigenvalue weighted by Gasteiger charge is 2.85. The highest BCUT2D eigenvalue weighted by molar-refractivity contribution is 6.70. The van der Waals surface area contributed by atoms with Gasteiger partial charge in [0.15, 0.2) is 16.6 Å². The second-order valence-electron chi connectivity index (χ2n) is 13.9. The number of hydrogen-bond donors (Lipinski definition) is 0. The predicted octanol–water partition coefficient (Wildman–Crippen LogP) is 5.06. The number of carbonyl (C=O) groups excluding carboxylic acids is 2. The molecule has 5 fully saturated rings. The van der Waals surface area contributed by atoms with Crippen molar-refractivity contribution in [3.8, 4) is 0 Å². The minimum atomic E-state index is -1.94. The lowest BCUT2D eigenvalue weighted by atomic mass is 9.59. The average Bonchev–Trinajstić information content (AvgIpc) is 3.12. The molecular formula is C26H42O6Si2. The van der Waals surface area contributed by atoms with Crippen molar-refractivity contribution in [1.82, 2.24) is 0 Å². The zero-order chi connectivity index (χ0) is 25.1. The molecule has 5 rings (SSSR count). The third-order valence-electron chi connectivity index (χ3n) is 9.62. The second kappa shape index (κ2) is 7.08. The van der Waals surface area contributed by atoms with E-state index in [9.17, 15) is 9.59 Å². The number of esters is 2. The summed E-state index contributed by atoms with van der Waals surface area (Å²) < 4.78 is 25.7. The van der Waals surface area contributed by atoms with Gasteiger partial charge in [0, 0.05) is 11.8 Å². The van der Waals surface area contributed by atoms with Gasteiger partial charge < -0.3 is 18.3 Å². The van der Waals surface area contributed by atoms with E-state index in [0.29, 0.717) is 6.42 Å². The summed E-state index contributed by atoms with van der Waals surface area (Å²) in [6.07, 6.45) is 4.50. The Hall–Kier alpha value is -0.966. The first-order valence-corrected chi connectivity index (χ1v) is 19.7. The second-order valence-corrected chi connectivity index (χ2v) is 22.8. The van der Waals surface area contributed by atoms with E-state index in [1.807, 2.05) is 6.92 Å². The molecular weight excluding hydrogens is 464 g/mol. The summed E-state index contributed by atoms with van der Waals surface area (Å²) >= 11 is 0. The van der Waals surface area contributed by atoms with Crippen molar-refractivity contribution in [2.45, 2.75) is 102 Å². The largest absolute Gasteiger partial charge is 0.469 e. The Kier molecular flexibility index (Phi) is 5.14. The topological polar surface area (TPSA) is 71.1 Å². The van der Waals surface area contributed by atoms with Crippen molar-refractivity contribution < 1.29 is 27.9 Å². The average molecular weight is 507 g/mol. The minimum absolute atomic E-state index is 0.0409. The Morgan fingerprint density at radius 3 is 2.35 bits per heavy atom. The van der Waals surface area contributed by atoms with Gasteiger partial charge in [0.05, 0.1) is 30.1 Å². The third-order valence-corrected chi connectivity index (χ3v) is 11.6. The lowest BCUT2D eigenvalue weighted by Crippen LogP contribution is -2.59. The summed E-state index contributed by atoms with van der Waals surface area (Å²) in [6.45, 7) is 19.8. The van der Waals surface area contributed by atoms with Crippen molar-refractivity contribution in [3.63, 3.8) is 0 Å². The molecule has 4 aliphatic carbocycles. The van der Waals surface area contributed by atoms with Crippen LogP contribution in [-0.4, -0.2) is 53.0 Å². The fraction of sp³-hybridized carbons (Fsp3) is 0.846. The first kappa shape index (κ1) is 24.7. The van der Waals surface area contributed by atoms with Crippen LogP contribution in [0, 0.1) is 28.6 Å². The van der Waals surface area contributed by atoms with E-state index >= 15 is 0 Å². The highest BCUT2D eigenvalue weighted by atomic mass is 28.4. The van der Waals surface area contributed by atoms with Gasteiger partial charge in [0.1, 0.15) is 5.60 Å². The van der Waals surface area contributed by atoms with Gasteiger partial charge in [-0.3, -0.25) is 9.59 Å². The van der Waals surface area contributed by atoms with Gasteiger partial charge >= 0.3 is 11.9 Å². The fourth-order valence-electron chi connectivity index (χ4n) is 9.00. The van der Waals surface area contributed by atoms with Gasteiger partial charge in [-0.15, -0.1) is 0 Å². The van der Waals surface area contributed by atoms with Crippen LogP contribution in [0.2, 0.25) is 39.3 Å². The molecule has 0 N–H and O–H groups in total. The number of rotatable bonds is 5. The lowest BCUT2D eigenvalue weighted by Gasteiger charge is -2.51. The molecule has 0 aromatic heterocycles. The molecule has 6 nitrogen and oxygen atoms in total. The molecule has 8 atom stereocenters. The van der Waals surface area contributed by atoms with Crippen molar-refractivity contribution in [2.75, 3.05) is 7.11 Å². The Morgan fingerprint density at radius 1 is 1.09 bits per heavy atom. The standard InChI is InChI=1S/C26H42O6Si2/c1-16-14-24-15-25(16,32-34(7,8)9)13-10-17(24)26-18(31-33(4,5)6)11-12-23(2,22(28)30-26)20(26)19(24)21(27)29-3/h17-20H,1,10-15H2,2-9H3/t17?,18-,19-,20?,23?,24+,25+,26+/m1/s1. The zero-order valence-electron chi connectivity index (χ0n) is 22.2. The Bertz CT molecular complexity index is 952. The smallest absolute Gasteiger partial charge is 0.312 e. The van der Waals surface area contributed by atoms with Crippen LogP contribution in [0.25, 0.3) is 0 Å². The van der Waals surface area contributed by atoms with E-state index in [1.54, 1.807) is 0 Å². The summed E-state index contributed by atoms with van der Waals surface area (Å²) in [6, 6.07) is 0. The molecule has 1 spiro atoms. The van der Waals surface area contributed by atoms with Crippen molar-refractivity contribution in [3.05, 3.63) is 12.2 Å². The molecule has 3 unspecified atom stereocenters. The van der Waals surface area contributed by atoms with E-state index < -0.39 is 39.2 Å². The molecule has 4 saturated carbocycles. The molecule has 1 saturated heterocycles. The van der Waals surface area contributed by atoms with E-state index in [0.717, 1.165) is 37.7 Å². The van der Waals surface area contributed by atoms with Gasteiger partial charge in [0.25, 0.3) is 0 Å². The first-order chi connectivity index (χ1) is 15.5. The first-order valence-electron chi connectivity index (χ1n) is 12.9. The molecule has 34 heavy (non-hydrogen) atoms. The molecule has 4 bridgehead atoms. The molecule has 8 heteroatoms. The van der Waals surface area contributed by atoms with Crippen molar-refractivity contribution in [2.24, 2.45) is 28.6 Å². The van der Waals surface area contributed by atoms with Crippen molar-refractivity contribution in [1.29, 1.82) is 0 Å². The van der Waals surface area contributed by atoms with Crippen LogP contribution in [0.15, 0.2) is 12.2 Å². The van der Waals surface area contributed by atoms with E-state index in [1.165, 1.54) is 7.11 Å². The molecule has 0 amide bonds. The summed E-state index contributed by atoms with van der Waals surface area (Å²) in [5.74, 6) is -0.993. The van der Waals surface area contributed by atoms with Gasteiger partial charge in [0.2, 0.25) is 0 Å². The van der Waals surface area contributed by atoms with E-state index in [-0.39, 0.29) is 35.3 Å². The van der Waals surface area contributed by atoms with Crippen LogP contribution in [-0.2, 0) is 27.9 Å². The fourth-order valence-corrected chi connectivity index (χ4v) is 11.7. The number of carbonyl (C=O) groups is 2. The highest BCUT2D eigenvalue weighted by Crippen LogP contribution is 2.79. The zero-order valence-corrected chi connectivity index (χ0v) is 24.2. The summed E-state index contributed by atoms with van der Waals surface area (Å²) in [5, 5.41) is 0. The maximum Gasteiger partial charge on any atom is 0.312 e. The molecule has 1 heterocycles. The lowest BCUT2D eigenvalue weighted by molar-refractivity contribution is -0.174. The SMILES string of the molecule is C=C1C[C@]23C[C@@]1(O[Si](C)(C)C)CCC2[C@]12OC(=O)C(C)(CC[C@H]1O[Si](C)(C)C)C2[C@@H]3C(=O)OC. The molecule has 5 aliphatic rings. The van der Waals surface area contributed by atoms with Gasteiger partial charge in [-0.1, -0.05) is 6.58 Å². The van der Waals surface area contributed by atoms with Crippen LogP contribution in [0.1, 0.15) is 45.4 Å². The van der Waals surface area contributed by atoms with Gasteiger partial charge in [-0.25, -0.2) is 0 Å². The number of hydrogen-bond acceptors (Lipinski definition) is 6. The predicted molar refractivity (Wildman–Crippen MR) is 134 cm³/mol. The van der Waals surface area contributed by atoms with Gasteiger partial charge in [-0.05, 0) is 95.7 Å². The van der Waals surface area contributed by atoms with Crippen LogP contribution in [0.4, 0.5) is 0 Å². The summed E-state index contributed by atoms with van der Waals surface area (Å²) in [4.78, 5) is 27.2. The normalized spacial score (nSPS) is 47.3. The summed E-state index contributed by atoms with van der Waals surface area (Å²) in [7, 11) is -2.33.